The van der Waals surface area contributed by atoms with Crippen molar-refractivity contribution in [3.8, 4) is 11.3 Å². The highest BCUT2D eigenvalue weighted by Gasteiger charge is 2.26. The van der Waals surface area contributed by atoms with E-state index in [0.717, 1.165) is 17.1 Å². The first-order chi connectivity index (χ1) is 7.83. The van der Waals surface area contributed by atoms with Gasteiger partial charge in [-0.2, -0.15) is 0 Å². The van der Waals surface area contributed by atoms with E-state index in [-0.39, 0.29) is 0 Å². The van der Waals surface area contributed by atoms with Gasteiger partial charge in [0.25, 0.3) is 0 Å². The highest BCUT2D eigenvalue weighted by atomic mass is 15.1. The molecule has 2 aromatic heterocycles. The summed E-state index contributed by atoms with van der Waals surface area (Å²) in [6, 6.07) is 3.54. The van der Waals surface area contributed by atoms with E-state index in [1.807, 2.05) is 6.07 Å². The van der Waals surface area contributed by atoms with Gasteiger partial charge in [-0.1, -0.05) is 0 Å². The summed E-state index contributed by atoms with van der Waals surface area (Å²) in [5.74, 6) is 1.93. The van der Waals surface area contributed by atoms with Crippen molar-refractivity contribution in [3.63, 3.8) is 0 Å². The Morgan fingerprint density at radius 2 is 1.81 bits per heavy atom. The molecular weight excluding hydrogens is 202 g/mol. The lowest BCUT2D eigenvalue weighted by Crippen LogP contribution is -1.96. The number of aromatic nitrogens is 4. The quantitative estimate of drug-likeness (QED) is 0.815. The largest absolute Gasteiger partial charge is 0.382 e. The molecule has 2 heterocycles. The molecule has 3 rings (SSSR count). The molecule has 0 amide bonds. The van der Waals surface area contributed by atoms with Crippen molar-refractivity contribution in [2.75, 3.05) is 5.73 Å². The van der Waals surface area contributed by atoms with E-state index < -0.39 is 0 Å². The Kier molecular flexibility index (Phi) is 2.02. The van der Waals surface area contributed by atoms with Crippen molar-refractivity contribution in [1.29, 1.82) is 0 Å². The molecule has 5 nitrogen and oxygen atoms in total. The molecule has 0 atom stereocenters. The Morgan fingerprint density at radius 1 is 1.06 bits per heavy atom. The average Bonchev–Trinajstić information content (AvgIpc) is 3.14. The summed E-state index contributed by atoms with van der Waals surface area (Å²) >= 11 is 0. The van der Waals surface area contributed by atoms with Crippen molar-refractivity contribution in [3.05, 3.63) is 30.4 Å². The fourth-order valence-corrected chi connectivity index (χ4v) is 1.52. The molecule has 0 unspecified atom stereocenters. The second-order valence-electron chi connectivity index (χ2n) is 3.95. The van der Waals surface area contributed by atoms with Crippen LogP contribution in [0.15, 0.2) is 24.5 Å². The number of nitrogen functional groups attached to an aromatic ring is 1. The van der Waals surface area contributed by atoms with Crippen LogP contribution < -0.4 is 5.73 Å². The Morgan fingerprint density at radius 3 is 2.38 bits per heavy atom. The smallest absolute Gasteiger partial charge is 0.146 e. The van der Waals surface area contributed by atoms with Gasteiger partial charge in [-0.3, -0.25) is 0 Å². The molecule has 1 aliphatic rings. The Labute approximate surface area is 92.8 Å². The number of nitrogens with two attached hydrogens (primary N) is 1. The lowest BCUT2D eigenvalue weighted by atomic mass is 10.2. The third-order valence-electron chi connectivity index (χ3n) is 2.60. The molecule has 0 spiro atoms. The summed E-state index contributed by atoms with van der Waals surface area (Å²) in [4.78, 5) is 8.66. The molecule has 0 bridgehead atoms. The molecule has 16 heavy (non-hydrogen) atoms. The van der Waals surface area contributed by atoms with Crippen molar-refractivity contribution in [2.24, 2.45) is 0 Å². The molecule has 5 heteroatoms. The van der Waals surface area contributed by atoms with Crippen LogP contribution in [0.3, 0.4) is 0 Å². The maximum atomic E-state index is 5.47. The SMILES string of the molecule is Nc1ccc(-c2cnc(C3CC3)nc2)nn1. The van der Waals surface area contributed by atoms with Gasteiger partial charge in [-0.05, 0) is 25.0 Å². The average molecular weight is 213 g/mol. The minimum Gasteiger partial charge on any atom is -0.382 e. The molecule has 0 aliphatic heterocycles. The van der Waals surface area contributed by atoms with Crippen LogP contribution in [-0.2, 0) is 0 Å². The molecule has 0 saturated heterocycles. The second-order valence-corrected chi connectivity index (χ2v) is 3.95. The Hall–Kier alpha value is -2.04. The molecule has 1 aliphatic carbocycles. The van der Waals surface area contributed by atoms with Gasteiger partial charge in [0.2, 0.25) is 0 Å². The van der Waals surface area contributed by atoms with Gasteiger partial charge in [0, 0.05) is 23.9 Å². The minimum atomic E-state index is 0.416. The number of nitrogens with zero attached hydrogens (tertiary/aromatic N) is 4. The highest BCUT2D eigenvalue weighted by Crippen LogP contribution is 2.37. The Bertz CT molecular complexity index is 487. The predicted octanol–water partition coefficient (Wildman–Crippen LogP) is 1.39. The molecule has 0 aromatic carbocycles. The molecule has 2 aromatic rings. The molecular formula is C11H11N5. The van der Waals surface area contributed by atoms with E-state index in [2.05, 4.69) is 20.2 Å². The van der Waals surface area contributed by atoms with Crippen LogP contribution in [0.2, 0.25) is 0 Å². The van der Waals surface area contributed by atoms with Crippen LogP contribution in [0.1, 0.15) is 24.6 Å². The second kappa shape index (κ2) is 3.52. The molecule has 2 N–H and O–H groups in total. The highest BCUT2D eigenvalue weighted by molar-refractivity contribution is 5.56. The zero-order chi connectivity index (χ0) is 11.0. The van der Waals surface area contributed by atoms with E-state index >= 15 is 0 Å². The first-order valence-corrected chi connectivity index (χ1v) is 5.24. The summed E-state index contributed by atoms with van der Waals surface area (Å²) in [6.07, 6.45) is 6.00. The van der Waals surface area contributed by atoms with Crippen molar-refractivity contribution in [1.82, 2.24) is 20.2 Å². The molecule has 1 saturated carbocycles. The van der Waals surface area contributed by atoms with Gasteiger partial charge >= 0.3 is 0 Å². The third-order valence-corrected chi connectivity index (χ3v) is 2.60. The van der Waals surface area contributed by atoms with Gasteiger partial charge in [0.1, 0.15) is 11.6 Å². The number of anilines is 1. The zero-order valence-electron chi connectivity index (χ0n) is 8.67. The minimum absolute atomic E-state index is 0.416. The summed E-state index contributed by atoms with van der Waals surface area (Å²) < 4.78 is 0. The van der Waals surface area contributed by atoms with Crippen LogP contribution in [-0.4, -0.2) is 20.2 Å². The molecule has 0 radical (unpaired) electrons. The fraction of sp³-hybridized carbons (Fsp3) is 0.273. The Balaban J connectivity index is 1.91. The van der Waals surface area contributed by atoms with Crippen LogP contribution in [0.4, 0.5) is 5.82 Å². The molecule has 1 fully saturated rings. The van der Waals surface area contributed by atoms with Gasteiger partial charge in [0.15, 0.2) is 0 Å². The standard InChI is InChI=1S/C11H11N5/c12-10-4-3-9(15-16-10)8-5-13-11(14-6-8)7-1-2-7/h3-7H,1-2H2,(H2,12,16). The number of rotatable bonds is 2. The lowest BCUT2D eigenvalue weighted by Gasteiger charge is -2.00. The van der Waals surface area contributed by atoms with E-state index in [0.29, 0.717) is 11.7 Å². The predicted molar refractivity (Wildman–Crippen MR) is 59.4 cm³/mol. The van der Waals surface area contributed by atoms with Crippen LogP contribution >= 0.6 is 0 Å². The maximum absolute atomic E-state index is 5.47. The summed E-state index contributed by atoms with van der Waals surface area (Å²) in [6.45, 7) is 0. The summed E-state index contributed by atoms with van der Waals surface area (Å²) in [7, 11) is 0. The maximum Gasteiger partial charge on any atom is 0.146 e. The fourth-order valence-electron chi connectivity index (χ4n) is 1.52. The van der Waals surface area contributed by atoms with Crippen molar-refractivity contribution in [2.45, 2.75) is 18.8 Å². The first-order valence-electron chi connectivity index (χ1n) is 5.24. The topological polar surface area (TPSA) is 77.6 Å². The van der Waals surface area contributed by atoms with E-state index in [4.69, 9.17) is 5.73 Å². The number of hydrogen-bond donors (Lipinski definition) is 1. The van der Waals surface area contributed by atoms with Crippen molar-refractivity contribution >= 4 is 5.82 Å². The van der Waals surface area contributed by atoms with E-state index in [1.54, 1.807) is 18.5 Å². The normalized spacial score (nSPS) is 15.0. The van der Waals surface area contributed by atoms with Crippen LogP contribution in [0, 0.1) is 0 Å². The first kappa shape index (κ1) is 9.21. The van der Waals surface area contributed by atoms with E-state index in [1.165, 1.54) is 12.8 Å². The lowest BCUT2D eigenvalue weighted by molar-refractivity contribution is 0.925. The van der Waals surface area contributed by atoms with Crippen LogP contribution in [0.25, 0.3) is 11.3 Å². The van der Waals surface area contributed by atoms with Gasteiger partial charge in [-0.25, -0.2) is 9.97 Å². The number of hydrogen-bond acceptors (Lipinski definition) is 5. The monoisotopic (exact) mass is 213 g/mol. The zero-order valence-corrected chi connectivity index (χ0v) is 8.67. The summed E-state index contributed by atoms with van der Waals surface area (Å²) in [5.41, 5.74) is 7.09. The third kappa shape index (κ3) is 1.71. The van der Waals surface area contributed by atoms with Crippen molar-refractivity contribution < 1.29 is 0 Å². The van der Waals surface area contributed by atoms with Gasteiger partial charge in [-0.15, -0.1) is 10.2 Å². The van der Waals surface area contributed by atoms with Crippen LogP contribution in [0.5, 0.6) is 0 Å². The van der Waals surface area contributed by atoms with Gasteiger partial charge in [0.05, 0.1) is 5.69 Å². The van der Waals surface area contributed by atoms with Gasteiger partial charge < -0.3 is 5.73 Å². The molecule has 80 valence electrons. The summed E-state index contributed by atoms with van der Waals surface area (Å²) in [5, 5.41) is 7.78. The van der Waals surface area contributed by atoms with E-state index in [9.17, 15) is 0 Å².